The second-order valence-electron chi connectivity index (χ2n) is 5.76. The molecule has 0 saturated carbocycles. The Labute approximate surface area is 112 Å². The lowest BCUT2D eigenvalue weighted by atomic mass is 9.91. The summed E-state index contributed by atoms with van der Waals surface area (Å²) in [6.07, 6.45) is 1.83. The van der Waals surface area contributed by atoms with Crippen molar-refractivity contribution in [1.82, 2.24) is 4.90 Å². The molecule has 2 aliphatic heterocycles. The second-order valence-corrected chi connectivity index (χ2v) is 7.90. The Kier molecular flexibility index (Phi) is 3.30. The molecule has 0 aliphatic carbocycles. The molecule has 6 nitrogen and oxygen atoms in total. The van der Waals surface area contributed by atoms with Gasteiger partial charge >= 0.3 is 0 Å². The van der Waals surface area contributed by atoms with E-state index in [0.717, 1.165) is 4.90 Å². The molecule has 7 heteroatoms. The van der Waals surface area contributed by atoms with Gasteiger partial charge in [0.25, 0.3) is 5.91 Å². The van der Waals surface area contributed by atoms with E-state index in [2.05, 4.69) is 0 Å². The first kappa shape index (κ1) is 14.2. The van der Waals surface area contributed by atoms with Crippen molar-refractivity contribution in [2.75, 3.05) is 12.4 Å². The SMILES string of the molecule is CC(C)(C)C(=O)CO[C@H]1C(=O)N2C=CCS(=O)(=O)[C@@H]12. The van der Waals surface area contributed by atoms with E-state index in [1.54, 1.807) is 20.8 Å². The van der Waals surface area contributed by atoms with Crippen LogP contribution in [0.25, 0.3) is 0 Å². The molecule has 0 bridgehead atoms. The van der Waals surface area contributed by atoms with Crippen LogP contribution in [0.3, 0.4) is 0 Å². The van der Waals surface area contributed by atoms with Gasteiger partial charge in [0, 0.05) is 11.6 Å². The summed E-state index contributed by atoms with van der Waals surface area (Å²) in [5.41, 5.74) is -0.572. The van der Waals surface area contributed by atoms with E-state index < -0.39 is 32.6 Å². The third-order valence-electron chi connectivity index (χ3n) is 3.22. The number of nitrogens with zero attached hydrogens (tertiary/aromatic N) is 1. The molecule has 0 aromatic carbocycles. The molecule has 0 radical (unpaired) electrons. The van der Waals surface area contributed by atoms with E-state index in [0.29, 0.717) is 0 Å². The van der Waals surface area contributed by atoms with Crippen molar-refractivity contribution in [3.63, 3.8) is 0 Å². The van der Waals surface area contributed by atoms with E-state index >= 15 is 0 Å². The molecule has 2 rings (SSSR count). The third-order valence-corrected chi connectivity index (χ3v) is 5.09. The summed E-state index contributed by atoms with van der Waals surface area (Å²) in [4.78, 5) is 24.6. The highest BCUT2D eigenvalue weighted by molar-refractivity contribution is 7.92. The van der Waals surface area contributed by atoms with Crippen LogP contribution in [0.2, 0.25) is 0 Å². The highest BCUT2D eigenvalue weighted by Gasteiger charge is 2.55. The molecule has 1 saturated heterocycles. The van der Waals surface area contributed by atoms with Crippen LogP contribution in [0.15, 0.2) is 12.3 Å². The number of fused-ring (bicyclic) bond motifs is 1. The van der Waals surface area contributed by atoms with Crippen molar-refractivity contribution in [3.8, 4) is 0 Å². The number of ketones is 1. The van der Waals surface area contributed by atoms with Crippen molar-refractivity contribution in [3.05, 3.63) is 12.3 Å². The Morgan fingerprint density at radius 1 is 1.47 bits per heavy atom. The van der Waals surface area contributed by atoms with Crippen molar-refractivity contribution < 1.29 is 22.7 Å². The molecule has 0 unspecified atom stereocenters. The topological polar surface area (TPSA) is 80.8 Å². The minimum Gasteiger partial charge on any atom is -0.357 e. The number of hydrogen-bond acceptors (Lipinski definition) is 5. The van der Waals surface area contributed by atoms with Gasteiger partial charge in [0.1, 0.15) is 6.61 Å². The van der Waals surface area contributed by atoms with Gasteiger partial charge in [-0.2, -0.15) is 0 Å². The summed E-state index contributed by atoms with van der Waals surface area (Å²) < 4.78 is 28.9. The van der Waals surface area contributed by atoms with Crippen molar-refractivity contribution in [2.45, 2.75) is 32.2 Å². The number of amides is 1. The van der Waals surface area contributed by atoms with Crippen molar-refractivity contribution in [1.29, 1.82) is 0 Å². The van der Waals surface area contributed by atoms with Crippen molar-refractivity contribution in [2.24, 2.45) is 5.41 Å². The van der Waals surface area contributed by atoms with Gasteiger partial charge in [0.15, 0.2) is 27.1 Å². The first-order valence-electron chi connectivity index (χ1n) is 6.00. The zero-order chi connectivity index (χ0) is 14.4. The molecule has 2 aliphatic rings. The quantitative estimate of drug-likeness (QED) is 0.688. The molecule has 106 valence electrons. The summed E-state index contributed by atoms with van der Waals surface area (Å²) in [7, 11) is -3.41. The van der Waals surface area contributed by atoms with Crippen LogP contribution < -0.4 is 0 Å². The van der Waals surface area contributed by atoms with Crippen LogP contribution >= 0.6 is 0 Å². The number of hydrogen-bond donors (Lipinski definition) is 0. The van der Waals surface area contributed by atoms with E-state index in [4.69, 9.17) is 4.74 Å². The number of β-lactam (4-membered cyclic amide) rings is 1. The normalized spacial score (nSPS) is 28.8. The van der Waals surface area contributed by atoms with E-state index in [-0.39, 0.29) is 18.1 Å². The zero-order valence-corrected chi connectivity index (χ0v) is 11.9. The first-order chi connectivity index (χ1) is 8.64. The molecule has 19 heavy (non-hydrogen) atoms. The molecule has 2 heterocycles. The van der Waals surface area contributed by atoms with Crippen LogP contribution in [0.5, 0.6) is 0 Å². The summed E-state index contributed by atoms with van der Waals surface area (Å²) in [5, 5.41) is -0.974. The van der Waals surface area contributed by atoms with Crippen LogP contribution in [-0.2, 0) is 24.2 Å². The maximum atomic E-state index is 11.8. The summed E-state index contributed by atoms with van der Waals surface area (Å²) in [6, 6.07) is 0. The van der Waals surface area contributed by atoms with Gasteiger partial charge in [-0.3, -0.25) is 14.5 Å². The molecule has 0 aromatic heterocycles. The minimum atomic E-state index is -3.41. The predicted molar refractivity (Wildman–Crippen MR) is 67.8 cm³/mol. The van der Waals surface area contributed by atoms with Gasteiger partial charge in [-0.05, 0) is 0 Å². The second kappa shape index (κ2) is 4.42. The summed E-state index contributed by atoms with van der Waals surface area (Å²) in [6.45, 7) is 4.98. The predicted octanol–water partition coefficient (Wildman–Crippen LogP) is 0.0972. The first-order valence-corrected chi connectivity index (χ1v) is 7.71. The number of ether oxygens (including phenoxy) is 1. The lowest BCUT2D eigenvalue weighted by Gasteiger charge is -2.45. The molecule has 0 spiro atoms. The zero-order valence-electron chi connectivity index (χ0n) is 11.1. The van der Waals surface area contributed by atoms with Gasteiger partial charge in [-0.25, -0.2) is 8.42 Å². The fraction of sp³-hybridized carbons (Fsp3) is 0.667. The Balaban J connectivity index is 2.05. The van der Waals surface area contributed by atoms with Crippen LogP contribution in [0.1, 0.15) is 20.8 Å². The monoisotopic (exact) mass is 287 g/mol. The van der Waals surface area contributed by atoms with Crippen LogP contribution in [0, 0.1) is 5.41 Å². The van der Waals surface area contributed by atoms with E-state index in [1.807, 2.05) is 0 Å². The number of carbonyl (C=O) groups excluding carboxylic acids is 2. The highest BCUT2D eigenvalue weighted by atomic mass is 32.2. The molecular weight excluding hydrogens is 270 g/mol. The maximum absolute atomic E-state index is 11.8. The van der Waals surface area contributed by atoms with Gasteiger partial charge < -0.3 is 4.74 Å². The molecule has 0 N–H and O–H groups in total. The Morgan fingerprint density at radius 3 is 2.68 bits per heavy atom. The fourth-order valence-electron chi connectivity index (χ4n) is 1.90. The van der Waals surface area contributed by atoms with Gasteiger partial charge in [0.05, 0.1) is 5.75 Å². The standard InChI is InChI=1S/C12H17NO5S/c1-12(2,3)8(14)7-18-9-10(15)13-5-4-6-19(16,17)11(9)13/h4-5,9,11H,6-7H2,1-3H3/t9-,11-/m0/s1. The average Bonchev–Trinajstić information content (AvgIpc) is 2.27. The Morgan fingerprint density at radius 2 is 2.11 bits per heavy atom. The Bertz CT molecular complexity index is 543. The summed E-state index contributed by atoms with van der Waals surface area (Å²) >= 11 is 0. The van der Waals surface area contributed by atoms with E-state index in [1.165, 1.54) is 12.3 Å². The largest absolute Gasteiger partial charge is 0.357 e. The number of rotatable bonds is 3. The molecular formula is C12H17NO5S. The number of sulfone groups is 1. The average molecular weight is 287 g/mol. The minimum absolute atomic E-state index is 0.103. The number of Topliss-reactive ketones (excluding diaryl/α,β-unsaturated/α-hetero) is 1. The van der Waals surface area contributed by atoms with Crippen LogP contribution in [0.4, 0.5) is 0 Å². The summed E-state index contributed by atoms with van der Waals surface area (Å²) in [5.74, 6) is -0.678. The Hall–Kier alpha value is -1.21. The fourth-order valence-corrected chi connectivity index (χ4v) is 3.55. The third kappa shape index (κ3) is 2.44. The van der Waals surface area contributed by atoms with Gasteiger partial charge in [-0.1, -0.05) is 26.8 Å². The molecule has 2 atom stereocenters. The lowest BCUT2D eigenvalue weighted by Crippen LogP contribution is -2.68. The highest BCUT2D eigenvalue weighted by Crippen LogP contribution is 2.31. The van der Waals surface area contributed by atoms with Crippen LogP contribution in [-0.4, -0.2) is 48.8 Å². The van der Waals surface area contributed by atoms with Gasteiger partial charge in [-0.15, -0.1) is 0 Å². The number of carbonyl (C=O) groups is 2. The molecule has 0 aromatic rings. The van der Waals surface area contributed by atoms with Gasteiger partial charge in [0.2, 0.25) is 0 Å². The van der Waals surface area contributed by atoms with E-state index in [9.17, 15) is 18.0 Å². The lowest BCUT2D eigenvalue weighted by molar-refractivity contribution is -0.163. The maximum Gasteiger partial charge on any atom is 0.260 e. The van der Waals surface area contributed by atoms with Crippen molar-refractivity contribution >= 4 is 21.5 Å². The molecule has 1 amide bonds. The smallest absolute Gasteiger partial charge is 0.260 e. The molecule has 1 fully saturated rings.